The van der Waals surface area contributed by atoms with Gasteiger partial charge in [0.05, 0.1) is 73.6 Å². The Bertz CT molecular complexity index is 9700. The Morgan fingerprint density at radius 1 is 0.190 bits per heavy atom. The van der Waals surface area contributed by atoms with Crippen LogP contribution < -0.4 is 0 Å². The molecule has 9 nitrogen and oxygen atoms in total. The van der Waals surface area contributed by atoms with Crippen LogP contribution in [0.15, 0.2) is 406 Å². The monoisotopic (exact) mass is 1660 g/mol. The highest BCUT2D eigenvalue weighted by Gasteiger charge is 2.29. The summed E-state index contributed by atoms with van der Waals surface area (Å²) in [4.78, 5) is 31.4. The average Bonchev–Trinajstić information content (AvgIpc) is 1.54. The number of nitrogens with zero attached hydrogens (tertiary/aromatic N) is 9. The molecule has 0 fully saturated rings. The highest BCUT2D eigenvalue weighted by atomic mass is 32.1. The molecule has 586 valence electrons. The third-order valence-electron chi connectivity index (χ3n) is 24.9. The summed E-state index contributed by atoms with van der Waals surface area (Å²) < 4.78 is 56.7. The summed E-state index contributed by atoms with van der Waals surface area (Å²) in [6.07, 6.45) is 0. The fraction of sp³-hybridized carbons (Fsp3) is 0. The van der Waals surface area contributed by atoms with E-state index in [1.54, 1.807) is 11.3 Å². The van der Waals surface area contributed by atoms with Crippen molar-refractivity contribution in [1.82, 2.24) is 43.6 Å². The maximum Gasteiger partial charge on any atom is 0.235 e. The summed E-state index contributed by atoms with van der Waals surface area (Å²) in [5, 5.41) is 24.5. The molecule has 126 heavy (non-hydrogen) atoms. The van der Waals surface area contributed by atoms with Crippen molar-refractivity contribution < 1.29 is 6.85 Å². The topological polar surface area (TPSA) is 92.1 Å². The lowest BCUT2D eigenvalue weighted by molar-refractivity contribution is 1.02. The lowest BCUT2D eigenvalue weighted by Gasteiger charge is -2.13. The van der Waals surface area contributed by atoms with Gasteiger partial charge in [0.2, 0.25) is 17.8 Å². The lowest BCUT2D eigenvalue weighted by atomic mass is 10.00. The number of rotatable bonds is 7. The van der Waals surface area contributed by atoms with E-state index in [0.29, 0.717) is 34.4 Å². The number of thiophene rings is 3. The van der Waals surface area contributed by atoms with Crippen LogP contribution in [-0.4, -0.2) is 43.6 Å². The molecule has 9 heterocycles. The zero-order valence-corrected chi connectivity index (χ0v) is 69.5. The van der Waals surface area contributed by atoms with E-state index in [-0.39, 0.29) is 17.6 Å². The van der Waals surface area contributed by atoms with Gasteiger partial charge in [-0.1, -0.05) is 352 Å². The molecule has 28 rings (SSSR count). The van der Waals surface area contributed by atoms with Gasteiger partial charge in [0, 0.05) is 142 Å². The van der Waals surface area contributed by atoms with E-state index >= 15 is 0 Å². The van der Waals surface area contributed by atoms with Gasteiger partial charge in [0.15, 0.2) is 0 Å². The molecule has 0 saturated heterocycles. The maximum atomic E-state index is 8.78. The van der Waals surface area contributed by atoms with Gasteiger partial charge in [-0.25, -0.2) is 29.9 Å². The van der Waals surface area contributed by atoms with Crippen LogP contribution in [0.5, 0.6) is 0 Å². The molecular weight excluding hydrogens is 1590 g/mol. The van der Waals surface area contributed by atoms with E-state index in [9.17, 15) is 0 Å². The van der Waals surface area contributed by atoms with E-state index in [1.807, 2.05) is 65.1 Å². The molecule has 0 aliphatic carbocycles. The van der Waals surface area contributed by atoms with Crippen LogP contribution in [0.1, 0.15) is 6.85 Å². The van der Waals surface area contributed by atoms with Crippen molar-refractivity contribution in [3.05, 3.63) is 406 Å². The molecular formula is C114H67N9S3. The molecule has 9 aromatic heterocycles. The fourth-order valence-corrected chi connectivity index (χ4v) is 23.2. The van der Waals surface area contributed by atoms with Gasteiger partial charge < -0.3 is 0 Å². The van der Waals surface area contributed by atoms with Gasteiger partial charge in [-0.3, -0.25) is 13.7 Å². The van der Waals surface area contributed by atoms with E-state index in [4.69, 9.17) is 36.8 Å². The molecule has 0 atom stereocenters. The number of benzene rings is 19. The van der Waals surface area contributed by atoms with Crippen molar-refractivity contribution in [2.45, 2.75) is 0 Å². The third kappa shape index (κ3) is 11.1. The largest absolute Gasteiger partial charge is 0.277 e. The number of aromatic nitrogens is 9. The summed E-state index contributed by atoms with van der Waals surface area (Å²) in [6.45, 7) is 0. The first-order valence-corrected chi connectivity index (χ1v) is 44.4. The van der Waals surface area contributed by atoms with Gasteiger partial charge in [-0.05, 0) is 81.9 Å². The molecule has 0 radical (unpaired) electrons. The Balaban J connectivity index is 0.000000103. The maximum absolute atomic E-state index is 8.78. The molecule has 0 bridgehead atoms. The van der Waals surface area contributed by atoms with Gasteiger partial charge in [-0.2, -0.15) is 0 Å². The molecule has 0 saturated carbocycles. The first kappa shape index (κ1) is 66.7. The predicted molar refractivity (Wildman–Crippen MR) is 535 cm³/mol. The van der Waals surface area contributed by atoms with Crippen LogP contribution in [-0.2, 0) is 0 Å². The molecule has 0 amide bonds. The summed E-state index contributed by atoms with van der Waals surface area (Å²) in [5.74, 6) is 1.74. The molecule has 28 aromatic rings. The zero-order chi connectivity index (χ0) is 87.0. The third-order valence-corrected chi connectivity index (χ3v) is 28.5. The van der Waals surface area contributed by atoms with Crippen LogP contribution in [0.4, 0.5) is 0 Å². The molecule has 0 spiro atoms. The van der Waals surface area contributed by atoms with Crippen LogP contribution >= 0.6 is 34.0 Å². The van der Waals surface area contributed by atoms with Gasteiger partial charge in [0.25, 0.3) is 0 Å². The van der Waals surface area contributed by atoms with Crippen LogP contribution in [0, 0.1) is 0 Å². The normalized spacial score (nSPS) is 12.5. The van der Waals surface area contributed by atoms with Gasteiger partial charge >= 0.3 is 0 Å². The van der Waals surface area contributed by atoms with E-state index in [0.717, 1.165) is 98.8 Å². The minimum Gasteiger partial charge on any atom is -0.277 e. The van der Waals surface area contributed by atoms with E-state index in [2.05, 4.69) is 347 Å². The van der Waals surface area contributed by atoms with Crippen molar-refractivity contribution in [3.8, 4) is 62.7 Å². The lowest BCUT2D eigenvalue weighted by Crippen LogP contribution is -2.03. The zero-order valence-electron chi connectivity index (χ0n) is 72.0. The van der Waals surface area contributed by atoms with Crippen molar-refractivity contribution in [3.63, 3.8) is 0 Å². The average molecular weight is 1660 g/mol. The van der Waals surface area contributed by atoms with Crippen LogP contribution in [0.3, 0.4) is 0 Å². The van der Waals surface area contributed by atoms with Gasteiger partial charge in [-0.15, -0.1) is 34.0 Å². The molecule has 0 aliphatic heterocycles. The highest BCUT2D eigenvalue weighted by molar-refractivity contribution is 7.28. The smallest absolute Gasteiger partial charge is 0.235 e. The van der Waals surface area contributed by atoms with Crippen LogP contribution in [0.25, 0.3) is 254 Å². The predicted octanol–water partition coefficient (Wildman–Crippen LogP) is 31.4. The standard InChI is InChI=1S/C42H25N3S.2C36H21N3S/c1-2-12-26(13-3-1)27-22-24-28(25-23-27)39-31-16-6-9-19-34(31)43-42(44-39)45-35-20-10-7-17-32(35)37-29-14-4-5-15-30(29)41-38(40(37)45)33-18-8-11-21-36(33)46-41;2*1-2-12-22(13-3-1)33-25-16-6-9-19-28(25)37-36(38-33)39-29-20-10-7-17-26(29)31-23-14-4-5-15-24(23)35-32(34(31)39)27-18-8-11-21-30(27)40-35/h1-25H;2*1-21H/i;1D,2D,3D,12D,13D;. The number of hydrogen-bond acceptors (Lipinski definition) is 9. The first-order valence-electron chi connectivity index (χ1n) is 44.5. The Hall–Kier alpha value is -16.0. The summed E-state index contributed by atoms with van der Waals surface area (Å²) in [5.41, 5.74) is 15.7. The fourth-order valence-electron chi connectivity index (χ4n) is 19.5. The summed E-state index contributed by atoms with van der Waals surface area (Å²) in [7, 11) is 0. The van der Waals surface area contributed by atoms with Crippen molar-refractivity contribution in [2.24, 2.45) is 0 Å². The number of hydrogen-bond donors (Lipinski definition) is 0. The Morgan fingerprint density at radius 3 is 0.802 bits per heavy atom. The second-order valence-electron chi connectivity index (χ2n) is 31.7. The molecule has 19 aromatic carbocycles. The van der Waals surface area contributed by atoms with E-state index < -0.39 is 18.1 Å². The second-order valence-corrected chi connectivity index (χ2v) is 34.9. The minimum atomic E-state index is -0.437. The van der Waals surface area contributed by atoms with Crippen molar-refractivity contribution in [2.75, 3.05) is 0 Å². The Kier molecular flexibility index (Phi) is 15.3. The highest BCUT2D eigenvalue weighted by Crippen LogP contribution is 2.53. The molecule has 0 N–H and O–H groups in total. The Morgan fingerprint density at radius 2 is 0.444 bits per heavy atom. The van der Waals surface area contributed by atoms with Gasteiger partial charge in [0.1, 0.15) is 0 Å². The van der Waals surface area contributed by atoms with Crippen molar-refractivity contribution in [1.29, 1.82) is 0 Å². The van der Waals surface area contributed by atoms with Crippen molar-refractivity contribution >= 4 is 225 Å². The number of para-hydroxylation sites is 6. The van der Waals surface area contributed by atoms with Crippen LogP contribution in [0.2, 0.25) is 0 Å². The molecule has 0 aliphatic rings. The summed E-state index contributed by atoms with van der Waals surface area (Å²) >= 11 is 5.50. The minimum absolute atomic E-state index is 0.0539. The quantitative estimate of drug-likeness (QED) is 0.158. The van der Waals surface area contributed by atoms with E-state index in [1.165, 1.54) is 115 Å². The second kappa shape index (κ2) is 28.9. The molecule has 0 unspecified atom stereocenters. The summed E-state index contributed by atoms with van der Waals surface area (Å²) in [6, 6.07) is 130. The SMILES string of the molecule is [2H]c1c([2H])c([2H])c(-c2nc(-n3c4ccccc4c4c5ccccc5c5sc6ccccc6c5c43)nc3ccccc23)c([2H])c1[2H].c1ccc(-c2ccc(-c3nc(-n4c5ccccc5c5c6ccccc6c6sc7ccccc7c6c54)nc4ccccc34)cc2)cc1.c1ccc(-c2nc(-n3c4ccccc4c4c5ccccc5c5sc6ccccc6c5c43)nc3ccccc23)cc1. The Labute approximate surface area is 739 Å². The molecule has 12 heteroatoms. The number of fused-ring (bicyclic) bond motifs is 33. The first-order chi connectivity index (χ1) is 64.6.